The zero-order chi connectivity index (χ0) is 15.8. The van der Waals surface area contributed by atoms with Crippen LogP contribution in [-0.2, 0) is 0 Å². The van der Waals surface area contributed by atoms with Gasteiger partial charge in [0.25, 0.3) is 0 Å². The topological polar surface area (TPSA) is 48.1 Å². The second-order valence-electron chi connectivity index (χ2n) is 5.46. The third kappa shape index (κ3) is 7.24. The highest BCUT2D eigenvalue weighted by molar-refractivity contribution is 7.80. The fourth-order valence-corrected chi connectivity index (χ4v) is 1.97. The molecule has 0 radical (unpaired) electrons. The molecule has 0 bridgehead atoms. The summed E-state index contributed by atoms with van der Waals surface area (Å²) in [5.74, 6) is 0.653. The molecule has 0 aliphatic heterocycles. The van der Waals surface area contributed by atoms with Gasteiger partial charge in [0.2, 0.25) is 0 Å². The van der Waals surface area contributed by atoms with Gasteiger partial charge in [-0.05, 0) is 67.8 Å². The van der Waals surface area contributed by atoms with Crippen LogP contribution in [0.1, 0.15) is 31.4 Å². The number of hydrogen-bond donors (Lipinski definition) is 4. The van der Waals surface area contributed by atoms with E-state index in [1.165, 1.54) is 5.56 Å². The fraction of sp³-hybridized carbons (Fsp3) is 0.467. The Hall–Kier alpha value is -1.40. The van der Waals surface area contributed by atoms with Crippen LogP contribution in [0.3, 0.4) is 0 Å². The van der Waals surface area contributed by atoms with Crippen LogP contribution in [0.2, 0.25) is 0 Å². The molecule has 0 heterocycles. The molecule has 0 fully saturated rings. The molecule has 0 aliphatic carbocycles. The molecule has 1 rings (SSSR count). The van der Waals surface area contributed by atoms with Crippen LogP contribution in [0, 0.1) is 19.8 Å². The number of benzene rings is 1. The Kier molecular flexibility index (Phi) is 7.39. The van der Waals surface area contributed by atoms with Crippen molar-refractivity contribution < 1.29 is 0 Å². The highest BCUT2D eigenvalue weighted by atomic mass is 32.1. The minimum absolute atomic E-state index is 0.483. The predicted molar refractivity (Wildman–Crippen MR) is 98.5 cm³/mol. The average Bonchev–Trinajstić information content (AvgIpc) is 2.40. The SMILES string of the molecule is Cc1ccc(C)c(NC(=S)NNC(=S)NCCC(C)C)c1. The van der Waals surface area contributed by atoms with Crippen molar-refractivity contribution in [2.45, 2.75) is 34.1 Å². The van der Waals surface area contributed by atoms with Gasteiger partial charge in [0.05, 0.1) is 0 Å². The van der Waals surface area contributed by atoms with Crippen molar-refractivity contribution in [2.75, 3.05) is 11.9 Å². The Labute approximate surface area is 138 Å². The summed E-state index contributed by atoms with van der Waals surface area (Å²) in [6, 6.07) is 6.19. The molecular formula is C15H24N4S2. The van der Waals surface area contributed by atoms with E-state index in [-0.39, 0.29) is 0 Å². The van der Waals surface area contributed by atoms with Crippen molar-refractivity contribution in [2.24, 2.45) is 5.92 Å². The lowest BCUT2D eigenvalue weighted by Crippen LogP contribution is -2.48. The Morgan fingerprint density at radius 2 is 1.76 bits per heavy atom. The van der Waals surface area contributed by atoms with Crippen molar-refractivity contribution >= 4 is 40.3 Å². The van der Waals surface area contributed by atoms with Gasteiger partial charge in [-0.1, -0.05) is 26.0 Å². The van der Waals surface area contributed by atoms with Crippen molar-refractivity contribution in [3.8, 4) is 0 Å². The largest absolute Gasteiger partial charge is 0.361 e. The molecule has 4 nitrogen and oxygen atoms in total. The van der Waals surface area contributed by atoms with Gasteiger partial charge in [-0.3, -0.25) is 10.9 Å². The maximum absolute atomic E-state index is 5.24. The molecule has 1 aromatic rings. The molecule has 6 heteroatoms. The van der Waals surface area contributed by atoms with E-state index in [1.807, 2.05) is 13.8 Å². The lowest BCUT2D eigenvalue weighted by Gasteiger charge is -2.16. The molecule has 0 spiro atoms. The molecule has 0 aliphatic rings. The Morgan fingerprint density at radius 3 is 2.43 bits per heavy atom. The third-order valence-electron chi connectivity index (χ3n) is 2.94. The van der Waals surface area contributed by atoms with Gasteiger partial charge in [0.1, 0.15) is 0 Å². The summed E-state index contributed by atoms with van der Waals surface area (Å²) < 4.78 is 0. The Balaban J connectivity index is 2.34. The maximum atomic E-state index is 5.24. The average molecular weight is 325 g/mol. The summed E-state index contributed by atoms with van der Waals surface area (Å²) in [5.41, 5.74) is 9.08. The van der Waals surface area contributed by atoms with Gasteiger partial charge in [0.15, 0.2) is 10.2 Å². The van der Waals surface area contributed by atoms with Gasteiger partial charge in [-0.2, -0.15) is 0 Å². The van der Waals surface area contributed by atoms with Crippen LogP contribution in [0.5, 0.6) is 0 Å². The van der Waals surface area contributed by atoms with Crippen molar-refractivity contribution in [1.82, 2.24) is 16.2 Å². The van der Waals surface area contributed by atoms with Crippen LogP contribution in [0.15, 0.2) is 18.2 Å². The molecule has 1 aromatic carbocycles. The van der Waals surface area contributed by atoms with E-state index in [2.05, 4.69) is 53.5 Å². The van der Waals surface area contributed by atoms with Crippen LogP contribution < -0.4 is 21.5 Å². The van der Waals surface area contributed by atoms with Crippen molar-refractivity contribution in [3.05, 3.63) is 29.3 Å². The molecule has 0 saturated heterocycles. The predicted octanol–water partition coefficient (Wildman–Crippen LogP) is 3.02. The van der Waals surface area contributed by atoms with Gasteiger partial charge >= 0.3 is 0 Å². The van der Waals surface area contributed by atoms with Crippen LogP contribution in [0.25, 0.3) is 0 Å². The molecule has 0 saturated carbocycles. The smallest absolute Gasteiger partial charge is 0.189 e. The van der Waals surface area contributed by atoms with Crippen LogP contribution in [0.4, 0.5) is 5.69 Å². The third-order valence-corrected chi connectivity index (χ3v) is 3.39. The number of hydrazine groups is 1. The fourth-order valence-electron chi connectivity index (χ4n) is 1.66. The van der Waals surface area contributed by atoms with Crippen molar-refractivity contribution in [3.63, 3.8) is 0 Å². The maximum Gasteiger partial charge on any atom is 0.189 e. The number of nitrogens with one attached hydrogen (secondary N) is 4. The minimum Gasteiger partial charge on any atom is -0.361 e. The first-order chi connectivity index (χ1) is 9.88. The molecular weight excluding hydrogens is 300 g/mol. The number of rotatable bonds is 4. The summed E-state index contributed by atoms with van der Waals surface area (Å²) in [7, 11) is 0. The quantitative estimate of drug-likeness (QED) is 0.504. The van der Waals surface area contributed by atoms with E-state index in [0.717, 1.165) is 24.2 Å². The first kappa shape index (κ1) is 17.7. The molecule has 0 aromatic heterocycles. The molecule has 4 N–H and O–H groups in total. The van der Waals surface area contributed by atoms with Gasteiger partial charge < -0.3 is 10.6 Å². The van der Waals surface area contributed by atoms with E-state index in [9.17, 15) is 0 Å². The Morgan fingerprint density at radius 1 is 1.10 bits per heavy atom. The zero-order valence-corrected chi connectivity index (χ0v) is 14.7. The van der Waals surface area contributed by atoms with Crippen molar-refractivity contribution in [1.29, 1.82) is 0 Å². The van der Waals surface area contributed by atoms with E-state index in [4.69, 9.17) is 24.4 Å². The first-order valence-electron chi connectivity index (χ1n) is 7.06. The highest BCUT2D eigenvalue weighted by Crippen LogP contribution is 2.15. The number of aryl methyl sites for hydroxylation is 2. The number of thiocarbonyl (C=S) groups is 2. The second-order valence-corrected chi connectivity index (χ2v) is 6.28. The summed E-state index contributed by atoms with van der Waals surface area (Å²) in [5, 5.41) is 7.30. The summed E-state index contributed by atoms with van der Waals surface area (Å²) in [6.07, 6.45) is 1.08. The molecule has 0 atom stereocenters. The van der Waals surface area contributed by atoms with Gasteiger partial charge in [-0.15, -0.1) is 0 Å². The van der Waals surface area contributed by atoms with Gasteiger partial charge in [0, 0.05) is 12.2 Å². The molecule has 116 valence electrons. The van der Waals surface area contributed by atoms with Gasteiger partial charge in [-0.25, -0.2) is 0 Å². The first-order valence-corrected chi connectivity index (χ1v) is 7.88. The van der Waals surface area contributed by atoms with Crippen LogP contribution in [-0.4, -0.2) is 16.8 Å². The standard InChI is InChI=1S/C15H24N4S2/c1-10(2)7-8-16-14(20)18-19-15(21)17-13-9-11(3)5-6-12(13)4/h5-6,9-10H,7-8H2,1-4H3,(H2,16,18,20)(H2,17,19,21). The zero-order valence-electron chi connectivity index (χ0n) is 13.0. The molecule has 0 amide bonds. The summed E-state index contributed by atoms with van der Waals surface area (Å²) in [4.78, 5) is 0. The molecule has 0 unspecified atom stereocenters. The lowest BCUT2D eigenvalue weighted by molar-refractivity contribution is 0.575. The highest BCUT2D eigenvalue weighted by Gasteiger charge is 2.02. The number of hydrogen-bond acceptors (Lipinski definition) is 2. The molecule has 21 heavy (non-hydrogen) atoms. The number of anilines is 1. The lowest BCUT2D eigenvalue weighted by atomic mass is 10.1. The van der Waals surface area contributed by atoms with E-state index in [1.54, 1.807) is 0 Å². The van der Waals surface area contributed by atoms with E-state index in [0.29, 0.717) is 16.1 Å². The monoisotopic (exact) mass is 324 g/mol. The van der Waals surface area contributed by atoms with E-state index < -0.39 is 0 Å². The second kappa shape index (κ2) is 8.79. The van der Waals surface area contributed by atoms with Crippen LogP contribution >= 0.6 is 24.4 Å². The summed E-state index contributed by atoms with van der Waals surface area (Å²) in [6.45, 7) is 9.30. The van der Waals surface area contributed by atoms with E-state index >= 15 is 0 Å². The normalized spacial score (nSPS) is 10.1. The summed E-state index contributed by atoms with van der Waals surface area (Å²) >= 11 is 10.4. The Bertz CT molecular complexity index is 500. The minimum atomic E-state index is 0.483.